The van der Waals surface area contributed by atoms with Gasteiger partial charge in [0.2, 0.25) is 0 Å². The minimum Gasteiger partial charge on any atom is -0.385 e. The van der Waals surface area contributed by atoms with E-state index >= 15 is 0 Å². The summed E-state index contributed by atoms with van der Waals surface area (Å²) in [6.07, 6.45) is 0.911. The molecule has 0 spiro atoms. The van der Waals surface area contributed by atoms with Crippen molar-refractivity contribution in [3.63, 3.8) is 0 Å². The Morgan fingerprint density at radius 3 is 2.94 bits per heavy atom. The Bertz CT molecular complexity index is 384. The fourth-order valence-electron chi connectivity index (χ4n) is 1.43. The molecule has 1 rings (SSSR count). The molecular formula is C12H17N3O. The van der Waals surface area contributed by atoms with Crippen molar-refractivity contribution in [2.24, 2.45) is 0 Å². The largest absolute Gasteiger partial charge is 0.385 e. The number of pyridine rings is 1. The van der Waals surface area contributed by atoms with Gasteiger partial charge in [0.15, 0.2) is 0 Å². The molecule has 0 bridgehead atoms. The number of anilines is 1. The summed E-state index contributed by atoms with van der Waals surface area (Å²) in [6, 6.07) is 5.93. The molecule has 1 aromatic rings. The van der Waals surface area contributed by atoms with E-state index in [1.807, 2.05) is 6.92 Å². The number of aryl methyl sites for hydroxylation is 1. The molecule has 4 nitrogen and oxygen atoms in total. The van der Waals surface area contributed by atoms with Crippen molar-refractivity contribution in [2.75, 3.05) is 19.0 Å². The molecule has 0 aromatic carbocycles. The lowest BCUT2D eigenvalue weighted by atomic mass is 10.2. The molecule has 1 atom stereocenters. The van der Waals surface area contributed by atoms with Crippen LogP contribution in [0.5, 0.6) is 0 Å². The summed E-state index contributed by atoms with van der Waals surface area (Å²) >= 11 is 0. The number of ether oxygens (including phenoxy) is 1. The summed E-state index contributed by atoms with van der Waals surface area (Å²) in [5, 5.41) is 12.1. The van der Waals surface area contributed by atoms with E-state index in [0.29, 0.717) is 12.2 Å². The number of nitriles is 1. The van der Waals surface area contributed by atoms with Crippen LogP contribution in [0.15, 0.2) is 12.1 Å². The Morgan fingerprint density at radius 2 is 2.31 bits per heavy atom. The van der Waals surface area contributed by atoms with E-state index in [2.05, 4.69) is 23.3 Å². The molecule has 1 aromatic heterocycles. The van der Waals surface area contributed by atoms with Crippen LogP contribution in [0.3, 0.4) is 0 Å². The molecule has 0 amide bonds. The van der Waals surface area contributed by atoms with Gasteiger partial charge in [-0.2, -0.15) is 5.26 Å². The van der Waals surface area contributed by atoms with Crippen molar-refractivity contribution in [1.29, 1.82) is 5.26 Å². The van der Waals surface area contributed by atoms with Crippen LogP contribution in [0.4, 0.5) is 5.82 Å². The minimum absolute atomic E-state index is 0.279. The van der Waals surface area contributed by atoms with Crippen LogP contribution in [0.2, 0.25) is 0 Å². The Kier molecular flexibility index (Phi) is 4.74. The zero-order chi connectivity index (χ0) is 12.0. The van der Waals surface area contributed by atoms with Crippen molar-refractivity contribution in [3.05, 3.63) is 23.4 Å². The summed E-state index contributed by atoms with van der Waals surface area (Å²) < 4.78 is 5.01. The van der Waals surface area contributed by atoms with E-state index in [1.165, 1.54) is 0 Å². The van der Waals surface area contributed by atoms with Gasteiger partial charge in [-0.25, -0.2) is 4.98 Å². The molecule has 0 saturated heterocycles. The normalized spacial score (nSPS) is 11.9. The highest BCUT2D eigenvalue weighted by Gasteiger charge is 2.04. The van der Waals surface area contributed by atoms with Gasteiger partial charge in [-0.05, 0) is 32.4 Å². The van der Waals surface area contributed by atoms with Gasteiger partial charge in [-0.1, -0.05) is 0 Å². The van der Waals surface area contributed by atoms with Crippen LogP contribution in [-0.4, -0.2) is 24.7 Å². The van der Waals surface area contributed by atoms with Crippen molar-refractivity contribution < 1.29 is 4.74 Å². The average molecular weight is 219 g/mol. The highest BCUT2D eigenvalue weighted by Crippen LogP contribution is 2.11. The van der Waals surface area contributed by atoms with Gasteiger partial charge in [0.05, 0.1) is 11.6 Å². The Labute approximate surface area is 96.3 Å². The molecule has 16 heavy (non-hydrogen) atoms. The van der Waals surface area contributed by atoms with E-state index in [4.69, 9.17) is 10.00 Å². The van der Waals surface area contributed by atoms with Gasteiger partial charge >= 0.3 is 0 Å². The molecule has 0 saturated carbocycles. The maximum Gasteiger partial charge on any atom is 0.127 e. The second kappa shape index (κ2) is 6.09. The second-order valence-corrected chi connectivity index (χ2v) is 3.82. The molecular weight excluding hydrogens is 202 g/mol. The predicted octanol–water partition coefficient (Wildman–Crippen LogP) is 2.10. The SMILES string of the molecule is COCCC(C)Nc1cc(C#N)cc(C)n1. The number of rotatable bonds is 5. The zero-order valence-electron chi connectivity index (χ0n) is 9.95. The van der Waals surface area contributed by atoms with E-state index in [9.17, 15) is 0 Å². The number of aromatic nitrogens is 1. The van der Waals surface area contributed by atoms with E-state index in [1.54, 1.807) is 19.2 Å². The highest BCUT2D eigenvalue weighted by molar-refractivity contribution is 5.44. The molecule has 0 aliphatic rings. The molecule has 86 valence electrons. The van der Waals surface area contributed by atoms with Gasteiger partial charge in [0.1, 0.15) is 5.82 Å². The predicted molar refractivity (Wildman–Crippen MR) is 63.3 cm³/mol. The third-order valence-electron chi connectivity index (χ3n) is 2.23. The minimum atomic E-state index is 0.279. The van der Waals surface area contributed by atoms with Gasteiger partial charge < -0.3 is 10.1 Å². The monoisotopic (exact) mass is 219 g/mol. The van der Waals surface area contributed by atoms with Gasteiger partial charge in [-0.3, -0.25) is 0 Å². The van der Waals surface area contributed by atoms with Gasteiger partial charge in [0, 0.05) is 25.5 Å². The summed E-state index contributed by atoms with van der Waals surface area (Å²) in [5.41, 5.74) is 1.48. The number of methoxy groups -OCH3 is 1. The molecule has 0 aliphatic carbocycles. The lowest BCUT2D eigenvalue weighted by Gasteiger charge is -2.14. The smallest absolute Gasteiger partial charge is 0.127 e. The van der Waals surface area contributed by atoms with E-state index in [0.717, 1.165) is 17.9 Å². The maximum atomic E-state index is 8.84. The first-order valence-corrected chi connectivity index (χ1v) is 5.30. The quantitative estimate of drug-likeness (QED) is 0.824. The lowest BCUT2D eigenvalue weighted by molar-refractivity contribution is 0.191. The van der Waals surface area contributed by atoms with Crippen LogP contribution in [0.25, 0.3) is 0 Å². The first-order valence-electron chi connectivity index (χ1n) is 5.30. The highest BCUT2D eigenvalue weighted by atomic mass is 16.5. The van der Waals surface area contributed by atoms with Crippen LogP contribution in [0.1, 0.15) is 24.6 Å². The Morgan fingerprint density at radius 1 is 1.56 bits per heavy atom. The second-order valence-electron chi connectivity index (χ2n) is 3.82. The van der Waals surface area contributed by atoms with Gasteiger partial charge in [0.25, 0.3) is 0 Å². The molecule has 0 aliphatic heterocycles. The third kappa shape index (κ3) is 3.87. The van der Waals surface area contributed by atoms with Crippen LogP contribution < -0.4 is 5.32 Å². The maximum absolute atomic E-state index is 8.84. The molecule has 4 heteroatoms. The number of hydrogen-bond donors (Lipinski definition) is 1. The lowest BCUT2D eigenvalue weighted by Crippen LogP contribution is -2.18. The summed E-state index contributed by atoms with van der Waals surface area (Å²) in [4.78, 5) is 4.33. The number of hydrogen-bond acceptors (Lipinski definition) is 4. The van der Waals surface area contributed by atoms with E-state index < -0.39 is 0 Å². The average Bonchev–Trinajstić information content (AvgIpc) is 2.25. The summed E-state index contributed by atoms with van der Waals surface area (Å²) in [7, 11) is 1.69. The van der Waals surface area contributed by atoms with Crippen LogP contribution in [0, 0.1) is 18.3 Å². The molecule has 1 N–H and O–H groups in total. The van der Waals surface area contributed by atoms with Crippen LogP contribution in [-0.2, 0) is 4.74 Å². The molecule has 0 fully saturated rings. The standard InChI is InChI=1S/C12H17N3O/c1-9(4-5-16-3)14-12-7-11(8-13)6-10(2)15-12/h6-7,9H,4-5H2,1-3H3,(H,14,15). The third-order valence-corrected chi connectivity index (χ3v) is 2.23. The number of nitrogens with zero attached hydrogens (tertiary/aromatic N) is 2. The van der Waals surface area contributed by atoms with Crippen molar-refractivity contribution in [3.8, 4) is 6.07 Å². The van der Waals surface area contributed by atoms with Crippen molar-refractivity contribution in [1.82, 2.24) is 4.98 Å². The molecule has 1 heterocycles. The fourth-order valence-corrected chi connectivity index (χ4v) is 1.43. The van der Waals surface area contributed by atoms with E-state index in [-0.39, 0.29) is 6.04 Å². The number of nitrogens with one attached hydrogen (secondary N) is 1. The summed E-state index contributed by atoms with van der Waals surface area (Å²) in [5.74, 6) is 0.750. The summed E-state index contributed by atoms with van der Waals surface area (Å²) in [6.45, 7) is 4.66. The van der Waals surface area contributed by atoms with Crippen molar-refractivity contribution in [2.45, 2.75) is 26.3 Å². The Balaban J connectivity index is 2.66. The topological polar surface area (TPSA) is 57.9 Å². The fraction of sp³-hybridized carbons (Fsp3) is 0.500. The first-order chi connectivity index (χ1) is 7.65. The Hall–Kier alpha value is -1.60. The zero-order valence-corrected chi connectivity index (χ0v) is 9.95. The first kappa shape index (κ1) is 12.5. The van der Waals surface area contributed by atoms with Gasteiger partial charge in [-0.15, -0.1) is 0 Å². The van der Waals surface area contributed by atoms with Crippen LogP contribution >= 0.6 is 0 Å². The van der Waals surface area contributed by atoms with Crippen molar-refractivity contribution >= 4 is 5.82 Å². The molecule has 1 unspecified atom stereocenters. The molecule has 0 radical (unpaired) electrons.